The Balaban J connectivity index is 1.67. The van der Waals surface area contributed by atoms with Crippen molar-refractivity contribution in [3.8, 4) is 0 Å². The topological polar surface area (TPSA) is 89.8 Å². The number of carbonyl (C=O) groups is 2. The van der Waals surface area contributed by atoms with Gasteiger partial charge in [0.25, 0.3) is 11.8 Å². The van der Waals surface area contributed by atoms with Crippen molar-refractivity contribution in [2.75, 3.05) is 13.1 Å². The fraction of sp³-hybridized carbons (Fsp3) is 0.167. The van der Waals surface area contributed by atoms with E-state index in [0.29, 0.717) is 24.5 Å². The molecule has 6 heteroatoms. The summed E-state index contributed by atoms with van der Waals surface area (Å²) < 4.78 is 0. The molecule has 0 aromatic carbocycles. The van der Waals surface area contributed by atoms with Crippen molar-refractivity contribution in [2.45, 2.75) is 0 Å². The molecular weight excluding hydrogens is 232 g/mol. The molecule has 2 amide bonds. The van der Waals surface area contributed by atoms with E-state index in [4.69, 9.17) is 0 Å². The van der Waals surface area contributed by atoms with Crippen LogP contribution in [0.5, 0.6) is 0 Å². The number of hydrogen-bond acceptors (Lipinski definition) is 2. The Morgan fingerprint density at radius 2 is 1.33 bits per heavy atom. The van der Waals surface area contributed by atoms with Crippen LogP contribution in [0.3, 0.4) is 0 Å². The number of aromatic nitrogens is 2. The molecule has 2 heterocycles. The van der Waals surface area contributed by atoms with Gasteiger partial charge in [-0.2, -0.15) is 0 Å². The quantitative estimate of drug-likeness (QED) is 0.579. The first kappa shape index (κ1) is 12.0. The first-order chi connectivity index (χ1) is 8.77. The lowest BCUT2D eigenvalue weighted by Crippen LogP contribution is -2.34. The van der Waals surface area contributed by atoms with Crippen LogP contribution in [0.2, 0.25) is 0 Å². The van der Waals surface area contributed by atoms with Crippen LogP contribution in [0, 0.1) is 0 Å². The van der Waals surface area contributed by atoms with Gasteiger partial charge in [-0.05, 0) is 24.3 Å². The highest BCUT2D eigenvalue weighted by molar-refractivity contribution is 5.93. The van der Waals surface area contributed by atoms with Crippen LogP contribution in [-0.4, -0.2) is 34.9 Å². The lowest BCUT2D eigenvalue weighted by molar-refractivity contribution is 0.0923. The van der Waals surface area contributed by atoms with Gasteiger partial charge >= 0.3 is 0 Å². The van der Waals surface area contributed by atoms with Gasteiger partial charge in [-0.25, -0.2) is 0 Å². The minimum Gasteiger partial charge on any atom is -0.357 e. The Bertz CT molecular complexity index is 454. The molecule has 0 saturated heterocycles. The first-order valence-corrected chi connectivity index (χ1v) is 5.60. The average Bonchev–Trinajstić information content (AvgIpc) is 3.05. The van der Waals surface area contributed by atoms with E-state index >= 15 is 0 Å². The average molecular weight is 246 g/mol. The summed E-state index contributed by atoms with van der Waals surface area (Å²) in [6.45, 7) is 0.759. The van der Waals surface area contributed by atoms with Gasteiger partial charge in [0.1, 0.15) is 11.4 Å². The van der Waals surface area contributed by atoms with Crippen molar-refractivity contribution in [1.82, 2.24) is 20.6 Å². The lowest BCUT2D eigenvalue weighted by Gasteiger charge is -2.05. The standard InChI is InChI=1S/C12H14N4O2/c17-11(9-3-1-5-13-9)15-7-8-16-12(18)10-4-2-6-14-10/h1-6,13-14H,7-8H2,(H,15,17)(H,16,18). The van der Waals surface area contributed by atoms with Crippen LogP contribution >= 0.6 is 0 Å². The van der Waals surface area contributed by atoms with Crippen molar-refractivity contribution in [1.29, 1.82) is 0 Å². The third kappa shape index (κ3) is 3.00. The highest BCUT2D eigenvalue weighted by Crippen LogP contribution is 1.94. The summed E-state index contributed by atoms with van der Waals surface area (Å²) >= 11 is 0. The highest BCUT2D eigenvalue weighted by atomic mass is 16.2. The number of aromatic amines is 2. The lowest BCUT2D eigenvalue weighted by atomic mass is 10.4. The zero-order valence-corrected chi connectivity index (χ0v) is 9.69. The summed E-state index contributed by atoms with van der Waals surface area (Å²) in [4.78, 5) is 28.6. The Morgan fingerprint density at radius 1 is 0.889 bits per heavy atom. The zero-order valence-electron chi connectivity index (χ0n) is 9.69. The maximum atomic E-state index is 11.5. The normalized spacial score (nSPS) is 10.0. The van der Waals surface area contributed by atoms with Crippen LogP contribution in [0.4, 0.5) is 0 Å². The van der Waals surface area contributed by atoms with Crippen LogP contribution in [-0.2, 0) is 0 Å². The molecule has 4 N–H and O–H groups in total. The molecule has 6 nitrogen and oxygen atoms in total. The molecule has 0 aliphatic heterocycles. The molecule has 18 heavy (non-hydrogen) atoms. The van der Waals surface area contributed by atoms with Crippen LogP contribution in [0.15, 0.2) is 36.7 Å². The highest BCUT2D eigenvalue weighted by Gasteiger charge is 2.06. The first-order valence-electron chi connectivity index (χ1n) is 5.60. The molecule has 2 aromatic heterocycles. The second-order valence-corrected chi connectivity index (χ2v) is 3.68. The minimum atomic E-state index is -0.186. The van der Waals surface area contributed by atoms with Gasteiger partial charge < -0.3 is 20.6 Å². The molecule has 0 fully saturated rings. The molecule has 94 valence electrons. The number of amides is 2. The second-order valence-electron chi connectivity index (χ2n) is 3.68. The van der Waals surface area contributed by atoms with Crippen LogP contribution < -0.4 is 10.6 Å². The molecule has 2 rings (SSSR count). The molecule has 0 saturated carbocycles. The largest absolute Gasteiger partial charge is 0.357 e. The number of H-pyrrole nitrogens is 2. The molecule has 0 radical (unpaired) electrons. The maximum absolute atomic E-state index is 11.5. The Kier molecular flexibility index (Phi) is 3.80. The number of rotatable bonds is 5. The SMILES string of the molecule is O=C(NCCNC(=O)c1ccc[nH]1)c1ccc[nH]1. The van der Waals surface area contributed by atoms with Gasteiger partial charge in [-0.15, -0.1) is 0 Å². The van der Waals surface area contributed by atoms with Gasteiger partial charge in [0, 0.05) is 25.5 Å². The maximum Gasteiger partial charge on any atom is 0.267 e. The van der Waals surface area contributed by atoms with Gasteiger partial charge in [0.05, 0.1) is 0 Å². The second kappa shape index (κ2) is 5.72. The minimum absolute atomic E-state index is 0.186. The summed E-state index contributed by atoms with van der Waals surface area (Å²) in [7, 11) is 0. The van der Waals surface area contributed by atoms with E-state index in [1.165, 1.54) is 0 Å². The predicted molar refractivity (Wildman–Crippen MR) is 66.3 cm³/mol. The summed E-state index contributed by atoms with van der Waals surface area (Å²) in [5.74, 6) is -0.372. The molecule has 0 spiro atoms. The van der Waals surface area contributed by atoms with E-state index in [0.717, 1.165) is 0 Å². The molecule has 2 aromatic rings. The third-order valence-corrected chi connectivity index (χ3v) is 2.38. The van der Waals surface area contributed by atoms with Gasteiger partial charge in [-0.3, -0.25) is 9.59 Å². The van der Waals surface area contributed by atoms with E-state index in [2.05, 4.69) is 20.6 Å². The van der Waals surface area contributed by atoms with E-state index in [1.807, 2.05) is 0 Å². The third-order valence-electron chi connectivity index (χ3n) is 2.38. The molecule has 0 atom stereocenters. The fourth-order valence-corrected chi connectivity index (χ4v) is 1.49. The monoisotopic (exact) mass is 246 g/mol. The van der Waals surface area contributed by atoms with Crippen molar-refractivity contribution in [2.24, 2.45) is 0 Å². The van der Waals surface area contributed by atoms with Gasteiger partial charge in [0.2, 0.25) is 0 Å². The van der Waals surface area contributed by atoms with Gasteiger partial charge in [-0.1, -0.05) is 0 Å². The van der Waals surface area contributed by atoms with Crippen molar-refractivity contribution < 1.29 is 9.59 Å². The molecular formula is C12H14N4O2. The van der Waals surface area contributed by atoms with Gasteiger partial charge in [0.15, 0.2) is 0 Å². The molecule has 0 aliphatic carbocycles. The van der Waals surface area contributed by atoms with E-state index in [1.54, 1.807) is 36.7 Å². The van der Waals surface area contributed by atoms with E-state index < -0.39 is 0 Å². The summed E-state index contributed by atoms with van der Waals surface area (Å²) in [6, 6.07) is 6.88. The van der Waals surface area contributed by atoms with Crippen molar-refractivity contribution in [3.63, 3.8) is 0 Å². The summed E-state index contributed by atoms with van der Waals surface area (Å²) in [5.41, 5.74) is 1.01. The van der Waals surface area contributed by atoms with E-state index in [-0.39, 0.29) is 11.8 Å². The Morgan fingerprint density at radius 3 is 1.67 bits per heavy atom. The summed E-state index contributed by atoms with van der Waals surface area (Å²) in [6.07, 6.45) is 3.36. The Labute approximate surface area is 104 Å². The zero-order chi connectivity index (χ0) is 12.8. The molecule has 0 unspecified atom stereocenters. The smallest absolute Gasteiger partial charge is 0.267 e. The van der Waals surface area contributed by atoms with Crippen molar-refractivity contribution in [3.05, 3.63) is 48.0 Å². The Hall–Kier alpha value is -2.50. The summed E-state index contributed by atoms with van der Waals surface area (Å²) in [5, 5.41) is 5.38. The number of carbonyl (C=O) groups excluding carboxylic acids is 2. The number of hydrogen-bond donors (Lipinski definition) is 4. The number of nitrogens with one attached hydrogen (secondary N) is 4. The van der Waals surface area contributed by atoms with Crippen LogP contribution in [0.25, 0.3) is 0 Å². The predicted octanol–water partition coefficient (Wildman–Crippen LogP) is 0.503. The van der Waals surface area contributed by atoms with Crippen LogP contribution in [0.1, 0.15) is 21.0 Å². The molecule has 0 bridgehead atoms. The fourth-order valence-electron chi connectivity index (χ4n) is 1.49. The van der Waals surface area contributed by atoms with Crippen molar-refractivity contribution >= 4 is 11.8 Å². The molecule has 0 aliphatic rings. The van der Waals surface area contributed by atoms with E-state index in [9.17, 15) is 9.59 Å².